The van der Waals surface area contributed by atoms with Crippen molar-refractivity contribution in [2.75, 3.05) is 12.3 Å². The number of hydrogen-bond donors (Lipinski definition) is 2. The maximum atomic E-state index is 11.7. The van der Waals surface area contributed by atoms with E-state index in [1.54, 1.807) is 6.07 Å². The Kier molecular flexibility index (Phi) is 5.11. The van der Waals surface area contributed by atoms with Crippen LogP contribution in [0.2, 0.25) is 5.02 Å². The van der Waals surface area contributed by atoms with E-state index in [0.29, 0.717) is 24.4 Å². The summed E-state index contributed by atoms with van der Waals surface area (Å²) in [4.78, 5) is 11.7. The zero-order valence-corrected chi connectivity index (χ0v) is 13.4. The minimum absolute atomic E-state index is 0.174. The molecule has 1 saturated heterocycles. The van der Waals surface area contributed by atoms with Crippen LogP contribution in [-0.2, 0) is 16.4 Å². The van der Waals surface area contributed by atoms with Crippen molar-refractivity contribution in [1.82, 2.24) is 10.6 Å². The summed E-state index contributed by atoms with van der Waals surface area (Å²) in [6.07, 6.45) is 1.30. The van der Waals surface area contributed by atoms with E-state index in [4.69, 9.17) is 11.6 Å². The molecule has 0 radical (unpaired) electrons. The van der Waals surface area contributed by atoms with Crippen molar-refractivity contribution >= 4 is 27.5 Å². The van der Waals surface area contributed by atoms with E-state index >= 15 is 0 Å². The van der Waals surface area contributed by atoms with Gasteiger partial charge in [-0.25, -0.2) is 13.2 Å². The Morgan fingerprint density at radius 1 is 1.38 bits per heavy atom. The van der Waals surface area contributed by atoms with Crippen LogP contribution in [0.15, 0.2) is 18.2 Å². The van der Waals surface area contributed by atoms with Gasteiger partial charge >= 0.3 is 6.03 Å². The summed E-state index contributed by atoms with van der Waals surface area (Å²) in [7, 11) is -3.02. The van der Waals surface area contributed by atoms with Gasteiger partial charge in [-0.3, -0.25) is 0 Å². The van der Waals surface area contributed by atoms with E-state index in [1.807, 2.05) is 19.1 Å². The van der Waals surface area contributed by atoms with Gasteiger partial charge in [0.2, 0.25) is 0 Å². The maximum absolute atomic E-state index is 11.7. The Balaban J connectivity index is 1.78. The summed E-state index contributed by atoms with van der Waals surface area (Å²) in [5.41, 5.74) is 1.90. The molecule has 2 N–H and O–H groups in total. The van der Waals surface area contributed by atoms with E-state index in [-0.39, 0.29) is 18.3 Å². The van der Waals surface area contributed by atoms with Crippen LogP contribution in [0.4, 0.5) is 4.79 Å². The molecule has 0 saturated carbocycles. The zero-order chi connectivity index (χ0) is 15.5. The van der Waals surface area contributed by atoms with Gasteiger partial charge in [0.15, 0.2) is 9.84 Å². The molecule has 7 heteroatoms. The molecule has 1 aromatic rings. The zero-order valence-electron chi connectivity index (χ0n) is 11.9. The molecule has 1 heterocycles. The van der Waals surface area contributed by atoms with Gasteiger partial charge in [0.1, 0.15) is 0 Å². The number of carbonyl (C=O) groups is 1. The quantitative estimate of drug-likeness (QED) is 0.887. The van der Waals surface area contributed by atoms with Crippen LogP contribution in [0, 0.1) is 6.92 Å². The molecule has 1 aliphatic rings. The van der Waals surface area contributed by atoms with Gasteiger partial charge in [-0.2, -0.15) is 0 Å². The Labute approximate surface area is 130 Å². The average Bonchev–Trinajstić information content (AvgIpc) is 2.76. The number of hydrogen-bond acceptors (Lipinski definition) is 3. The summed E-state index contributed by atoms with van der Waals surface area (Å²) < 4.78 is 23.3. The van der Waals surface area contributed by atoms with Crippen LogP contribution < -0.4 is 10.6 Å². The van der Waals surface area contributed by atoms with Gasteiger partial charge in [-0.05, 0) is 37.0 Å². The molecule has 0 bridgehead atoms. The fourth-order valence-corrected chi connectivity index (χ4v) is 4.24. The van der Waals surface area contributed by atoms with Gasteiger partial charge in [0.25, 0.3) is 0 Å². The minimum Gasteiger partial charge on any atom is -0.337 e. The Morgan fingerprint density at radius 3 is 2.76 bits per heavy atom. The van der Waals surface area contributed by atoms with Crippen LogP contribution in [0.3, 0.4) is 0 Å². The molecule has 0 aromatic heterocycles. The standard InChI is InChI=1S/C14H19ClN2O3S/c1-10-7-11(4-5-13(10)15)8-16-14(18)17-9-12-3-2-6-21(12,19)20/h4-5,7,12H,2-3,6,8-9H2,1H3,(H2,16,17,18)/t12-/m0/s1. The lowest BCUT2D eigenvalue weighted by Gasteiger charge is -2.12. The van der Waals surface area contributed by atoms with Crippen LogP contribution in [0.5, 0.6) is 0 Å². The minimum atomic E-state index is -3.02. The summed E-state index contributed by atoms with van der Waals surface area (Å²) in [6, 6.07) is 5.18. The second-order valence-corrected chi connectivity index (χ2v) is 8.09. The number of urea groups is 1. The fraction of sp³-hybridized carbons (Fsp3) is 0.500. The molecule has 1 fully saturated rings. The molecule has 2 rings (SSSR count). The lowest BCUT2D eigenvalue weighted by molar-refractivity contribution is 0.240. The van der Waals surface area contributed by atoms with Crippen molar-refractivity contribution in [3.8, 4) is 0 Å². The Morgan fingerprint density at radius 2 is 2.14 bits per heavy atom. The highest BCUT2D eigenvalue weighted by atomic mass is 35.5. The number of rotatable bonds is 4. The van der Waals surface area contributed by atoms with Crippen molar-refractivity contribution < 1.29 is 13.2 Å². The third-order valence-corrected chi connectivity index (χ3v) is 6.33. The second-order valence-electron chi connectivity index (χ2n) is 5.28. The first-order valence-electron chi connectivity index (χ1n) is 6.87. The van der Waals surface area contributed by atoms with E-state index in [0.717, 1.165) is 11.1 Å². The molecule has 21 heavy (non-hydrogen) atoms. The molecule has 2 amide bonds. The van der Waals surface area contributed by atoms with Crippen LogP contribution in [-0.4, -0.2) is 32.0 Å². The molecule has 0 spiro atoms. The van der Waals surface area contributed by atoms with Crippen molar-refractivity contribution in [2.24, 2.45) is 0 Å². The third-order valence-electron chi connectivity index (χ3n) is 3.63. The lowest BCUT2D eigenvalue weighted by atomic mass is 10.1. The van der Waals surface area contributed by atoms with Crippen LogP contribution in [0.1, 0.15) is 24.0 Å². The van der Waals surface area contributed by atoms with Gasteiger partial charge in [-0.1, -0.05) is 23.7 Å². The highest BCUT2D eigenvalue weighted by molar-refractivity contribution is 7.92. The third kappa shape index (κ3) is 4.35. The van der Waals surface area contributed by atoms with Crippen molar-refractivity contribution in [1.29, 1.82) is 0 Å². The molecule has 5 nitrogen and oxygen atoms in total. The fourth-order valence-electron chi connectivity index (χ4n) is 2.36. The highest BCUT2D eigenvalue weighted by Crippen LogP contribution is 2.19. The summed E-state index contributed by atoms with van der Waals surface area (Å²) in [5.74, 6) is 0.227. The topological polar surface area (TPSA) is 75.3 Å². The van der Waals surface area contributed by atoms with Crippen LogP contribution in [0.25, 0.3) is 0 Å². The SMILES string of the molecule is Cc1cc(CNC(=O)NC[C@@H]2CCCS2(=O)=O)ccc1Cl. The first kappa shape index (κ1) is 16.1. The Bertz CT molecular complexity index is 631. The molecule has 1 aliphatic heterocycles. The number of carbonyl (C=O) groups excluding carboxylic acids is 1. The van der Waals surface area contributed by atoms with Crippen molar-refractivity contribution in [2.45, 2.75) is 31.6 Å². The van der Waals surface area contributed by atoms with Gasteiger partial charge in [0.05, 0.1) is 11.0 Å². The molecule has 1 aromatic carbocycles. The predicted octanol–water partition coefficient (Wildman–Crippen LogP) is 2.02. The van der Waals surface area contributed by atoms with Crippen LogP contribution >= 0.6 is 11.6 Å². The Hall–Kier alpha value is -1.27. The highest BCUT2D eigenvalue weighted by Gasteiger charge is 2.31. The first-order valence-corrected chi connectivity index (χ1v) is 8.96. The van der Waals surface area contributed by atoms with E-state index in [1.165, 1.54) is 0 Å². The normalized spacial score (nSPS) is 20.2. The van der Waals surface area contributed by atoms with E-state index in [9.17, 15) is 13.2 Å². The number of nitrogens with one attached hydrogen (secondary N) is 2. The molecule has 0 unspecified atom stereocenters. The number of amides is 2. The van der Waals surface area contributed by atoms with Gasteiger partial charge < -0.3 is 10.6 Å². The number of sulfone groups is 1. The number of benzene rings is 1. The molecular weight excluding hydrogens is 312 g/mol. The summed E-state index contributed by atoms with van der Waals surface area (Å²) in [6.45, 7) is 2.45. The average molecular weight is 331 g/mol. The largest absolute Gasteiger partial charge is 0.337 e. The summed E-state index contributed by atoms with van der Waals surface area (Å²) in [5, 5.41) is 5.58. The molecule has 116 valence electrons. The molecule has 0 aliphatic carbocycles. The smallest absolute Gasteiger partial charge is 0.315 e. The van der Waals surface area contributed by atoms with Gasteiger partial charge in [-0.15, -0.1) is 0 Å². The van der Waals surface area contributed by atoms with E-state index in [2.05, 4.69) is 10.6 Å². The maximum Gasteiger partial charge on any atom is 0.315 e. The van der Waals surface area contributed by atoms with E-state index < -0.39 is 15.1 Å². The molecule has 1 atom stereocenters. The predicted molar refractivity (Wildman–Crippen MR) is 83.2 cm³/mol. The van der Waals surface area contributed by atoms with Crippen molar-refractivity contribution in [3.63, 3.8) is 0 Å². The second kappa shape index (κ2) is 6.66. The lowest BCUT2D eigenvalue weighted by Crippen LogP contribution is -2.40. The van der Waals surface area contributed by atoms with Crippen molar-refractivity contribution in [3.05, 3.63) is 34.3 Å². The summed E-state index contributed by atoms with van der Waals surface area (Å²) >= 11 is 5.94. The molecular formula is C14H19ClN2O3S. The van der Waals surface area contributed by atoms with Gasteiger partial charge in [0, 0.05) is 18.1 Å². The number of halogens is 1. The number of aryl methyl sites for hydroxylation is 1. The monoisotopic (exact) mass is 330 g/mol. The first-order chi connectivity index (χ1) is 9.88.